The summed E-state index contributed by atoms with van der Waals surface area (Å²) in [5, 5.41) is 12.0. The minimum Gasteiger partial charge on any atom is -0.478 e. The van der Waals surface area contributed by atoms with Gasteiger partial charge in [-0.15, -0.1) is 0 Å². The molecule has 0 saturated heterocycles. The van der Waals surface area contributed by atoms with Gasteiger partial charge in [-0.2, -0.15) is 0 Å². The fourth-order valence-electron chi connectivity index (χ4n) is 1.82. The van der Waals surface area contributed by atoms with E-state index in [1.165, 1.54) is 6.07 Å². The third-order valence-electron chi connectivity index (χ3n) is 2.89. The summed E-state index contributed by atoms with van der Waals surface area (Å²) in [5.41, 5.74) is 0.876. The molecule has 0 radical (unpaired) electrons. The van der Waals surface area contributed by atoms with Crippen LogP contribution in [0.1, 0.15) is 49.7 Å². The van der Waals surface area contributed by atoms with E-state index in [1.807, 2.05) is 27.7 Å². The number of carboxylic acid groups (broad SMARTS) is 1. The number of likely N-dealkylation sites (N-methyl/N-ethyl adjacent to an activating group) is 1. The molecule has 0 aliphatic carbocycles. The van der Waals surface area contributed by atoms with Gasteiger partial charge in [-0.05, 0) is 31.9 Å². The smallest absolute Gasteiger partial charge is 0.335 e. The molecular weight excluding hydrogens is 270 g/mol. The number of pyridine rings is 1. The average Bonchev–Trinajstić information content (AvgIpc) is 2.36. The van der Waals surface area contributed by atoms with Crippen LogP contribution < -0.4 is 10.2 Å². The maximum absolute atomic E-state index is 11.8. The van der Waals surface area contributed by atoms with Crippen LogP contribution in [0.25, 0.3) is 0 Å². The van der Waals surface area contributed by atoms with Gasteiger partial charge in [0.25, 0.3) is 0 Å². The number of carbonyl (C=O) groups excluding carboxylic acids is 1. The van der Waals surface area contributed by atoms with Crippen molar-refractivity contribution in [3.63, 3.8) is 0 Å². The lowest BCUT2D eigenvalue weighted by molar-refractivity contribution is -0.120. The van der Waals surface area contributed by atoms with Gasteiger partial charge in [0.2, 0.25) is 5.91 Å². The van der Waals surface area contributed by atoms with Gasteiger partial charge in [-0.3, -0.25) is 4.79 Å². The van der Waals surface area contributed by atoms with Crippen LogP contribution in [0.15, 0.2) is 12.1 Å². The molecule has 21 heavy (non-hydrogen) atoms. The van der Waals surface area contributed by atoms with E-state index >= 15 is 0 Å². The van der Waals surface area contributed by atoms with Crippen LogP contribution in [0.4, 0.5) is 5.82 Å². The van der Waals surface area contributed by atoms with E-state index in [2.05, 4.69) is 10.3 Å². The molecule has 0 atom stereocenters. The van der Waals surface area contributed by atoms with Crippen LogP contribution in [0.2, 0.25) is 0 Å². The highest BCUT2D eigenvalue weighted by Crippen LogP contribution is 2.19. The number of hydrogen-bond donors (Lipinski definition) is 2. The molecule has 0 spiro atoms. The summed E-state index contributed by atoms with van der Waals surface area (Å²) in [4.78, 5) is 29.0. The summed E-state index contributed by atoms with van der Waals surface area (Å²) < 4.78 is 0. The van der Waals surface area contributed by atoms with E-state index in [-0.39, 0.29) is 30.0 Å². The lowest BCUT2D eigenvalue weighted by Crippen LogP contribution is -2.39. The largest absolute Gasteiger partial charge is 0.478 e. The van der Waals surface area contributed by atoms with Crippen LogP contribution >= 0.6 is 0 Å². The van der Waals surface area contributed by atoms with Gasteiger partial charge in [0, 0.05) is 18.8 Å². The summed E-state index contributed by atoms with van der Waals surface area (Å²) in [5.74, 6) is -0.528. The Hall–Kier alpha value is -2.11. The van der Waals surface area contributed by atoms with Gasteiger partial charge in [-0.1, -0.05) is 13.8 Å². The Morgan fingerprint density at radius 3 is 2.38 bits per heavy atom. The molecule has 1 heterocycles. The zero-order valence-corrected chi connectivity index (χ0v) is 13.2. The minimum absolute atomic E-state index is 0.0652. The van der Waals surface area contributed by atoms with Crippen LogP contribution in [-0.4, -0.2) is 41.6 Å². The van der Waals surface area contributed by atoms with Crippen molar-refractivity contribution in [3.05, 3.63) is 23.4 Å². The SMILES string of the molecule is CC(C)NC(=O)CN(C)c1cc(C(=O)O)cc(C(C)C)n1. The standard InChI is InChI=1S/C15H23N3O3/c1-9(2)12-6-11(15(20)21)7-13(17-12)18(5)8-14(19)16-10(3)4/h6-7,9-10H,8H2,1-5H3,(H,16,19)(H,20,21). The Morgan fingerprint density at radius 1 is 1.29 bits per heavy atom. The summed E-state index contributed by atoms with van der Waals surface area (Å²) in [6, 6.07) is 3.12. The summed E-state index contributed by atoms with van der Waals surface area (Å²) in [7, 11) is 1.72. The number of amides is 1. The number of rotatable bonds is 6. The Bertz CT molecular complexity index is 527. The molecule has 6 nitrogen and oxygen atoms in total. The second-order valence-corrected chi connectivity index (χ2v) is 5.68. The minimum atomic E-state index is -0.999. The van der Waals surface area contributed by atoms with Crippen LogP contribution in [0, 0.1) is 0 Å². The average molecular weight is 293 g/mol. The van der Waals surface area contributed by atoms with Crippen molar-refractivity contribution in [1.29, 1.82) is 0 Å². The number of anilines is 1. The lowest BCUT2D eigenvalue weighted by Gasteiger charge is -2.20. The van der Waals surface area contributed by atoms with Gasteiger partial charge in [0.1, 0.15) is 5.82 Å². The first-order valence-electron chi connectivity index (χ1n) is 6.96. The second-order valence-electron chi connectivity index (χ2n) is 5.68. The van der Waals surface area contributed by atoms with Crippen molar-refractivity contribution >= 4 is 17.7 Å². The third kappa shape index (κ3) is 5.06. The second kappa shape index (κ2) is 7.06. The molecule has 0 aliphatic heterocycles. The van der Waals surface area contributed by atoms with Crippen LogP contribution in [-0.2, 0) is 4.79 Å². The van der Waals surface area contributed by atoms with E-state index in [1.54, 1.807) is 18.0 Å². The van der Waals surface area contributed by atoms with Gasteiger partial charge < -0.3 is 15.3 Å². The van der Waals surface area contributed by atoms with Crippen molar-refractivity contribution in [1.82, 2.24) is 10.3 Å². The predicted molar refractivity (Wildman–Crippen MR) is 81.8 cm³/mol. The Kier molecular flexibility index (Phi) is 5.69. The number of carboxylic acids is 1. The highest BCUT2D eigenvalue weighted by Gasteiger charge is 2.15. The molecule has 1 rings (SSSR count). The van der Waals surface area contributed by atoms with Crippen LogP contribution in [0.5, 0.6) is 0 Å². The number of nitrogens with zero attached hydrogens (tertiary/aromatic N) is 2. The Balaban J connectivity index is 3.00. The zero-order chi connectivity index (χ0) is 16.2. The molecule has 1 amide bonds. The maximum atomic E-state index is 11.8. The van der Waals surface area contributed by atoms with Crippen molar-refractivity contribution in [2.24, 2.45) is 0 Å². The van der Waals surface area contributed by atoms with E-state index < -0.39 is 5.97 Å². The van der Waals surface area contributed by atoms with E-state index in [0.717, 1.165) is 0 Å². The van der Waals surface area contributed by atoms with Crippen LogP contribution in [0.3, 0.4) is 0 Å². The maximum Gasteiger partial charge on any atom is 0.335 e. The highest BCUT2D eigenvalue weighted by molar-refractivity contribution is 5.89. The first-order valence-corrected chi connectivity index (χ1v) is 6.96. The number of nitrogens with one attached hydrogen (secondary N) is 1. The van der Waals surface area contributed by atoms with Crippen molar-refractivity contribution in [2.45, 2.75) is 39.7 Å². The first-order chi connectivity index (χ1) is 9.70. The van der Waals surface area contributed by atoms with E-state index in [4.69, 9.17) is 0 Å². The molecule has 2 N–H and O–H groups in total. The normalized spacial score (nSPS) is 10.8. The highest BCUT2D eigenvalue weighted by atomic mass is 16.4. The number of hydrogen-bond acceptors (Lipinski definition) is 4. The summed E-state index contributed by atoms with van der Waals surface area (Å²) >= 11 is 0. The summed E-state index contributed by atoms with van der Waals surface area (Å²) in [6.45, 7) is 7.80. The fourth-order valence-corrected chi connectivity index (χ4v) is 1.82. The monoisotopic (exact) mass is 293 g/mol. The zero-order valence-electron chi connectivity index (χ0n) is 13.2. The number of carbonyl (C=O) groups is 2. The van der Waals surface area contributed by atoms with Crippen molar-refractivity contribution in [2.75, 3.05) is 18.5 Å². The van der Waals surface area contributed by atoms with Gasteiger partial charge >= 0.3 is 5.97 Å². The van der Waals surface area contributed by atoms with E-state index in [9.17, 15) is 14.7 Å². The first kappa shape index (κ1) is 16.9. The number of aromatic nitrogens is 1. The Morgan fingerprint density at radius 2 is 1.90 bits per heavy atom. The Labute approximate surface area is 125 Å². The molecule has 0 unspecified atom stereocenters. The molecule has 0 aliphatic rings. The van der Waals surface area contributed by atoms with Crippen molar-refractivity contribution in [3.8, 4) is 0 Å². The van der Waals surface area contributed by atoms with Gasteiger partial charge in [0.15, 0.2) is 0 Å². The predicted octanol–water partition coefficient (Wildman–Crippen LogP) is 1.86. The molecule has 0 aromatic carbocycles. The van der Waals surface area contributed by atoms with E-state index in [0.29, 0.717) is 11.5 Å². The molecular formula is C15H23N3O3. The topological polar surface area (TPSA) is 82.5 Å². The molecule has 1 aromatic heterocycles. The summed E-state index contributed by atoms with van der Waals surface area (Å²) in [6.07, 6.45) is 0. The molecule has 116 valence electrons. The van der Waals surface area contributed by atoms with Gasteiger partial charge in [-0.25, -0.2) is 9.78 Å². The van der Waals surface area contributed by atoms with Crippen molar-refractivity contribution < 1.29 is 14.7 Å². The quantitative estimate of drug-likeness (QED) is 0.836. The molecule has 1 aromatic rings. The molecule has 0 bridgehead atoms. The molecule has 6 heteroatoms. The third-order valence-corrected chi connectivity index (χ3v) is 2.89. The lowest BCUT2D eigenvalue weighted by atomic mass is 10.1. The number of aromatic carboxylic acids is 1. The molecule has 0 fully saturated rings. The molecule has 0 saturated carbocycles. The fraction of sp³-hybridized carbons (Fsp3) is 0.533. The van der Waals surface area contributed by atoms with Gasteiger partial charge in [0.05, 0.1) is 12.1 Å².